The number of nitrogens with zero attached hydrogens (tertiary/aromatic N) is 3. The Bertz CT molecular complexity index is 862. The first kappa shape index (κ1) is 23.6. The SMILES string of the molecule is O=C1CC[C@@H](CCNCCOc2ccc(F)cc2)N1C[C@H](c1ccncc1)N1CCOCC1. The molecule has 1 N–H and O–H groups in total. The predicted octanol–water partition coefficient (Wildman–Crippen LogP) is 2.64. The fourth-order valence-corrected chi connectivity index (χ4v) is 4.60. The van der Waals surface area contributed by atoms with Crippen LogP contribution in [0.3, 0.4) is 0 Å². The number of hydrogen-bond donors (Lipinski definition) is 1. The van der Waals surface area contributed by atoms with E-state index in [1.165, 1.54) is 17.7 Å². The topological polar surface area (TPSA) is 66.9 Å². The number of halogens is 1. The largest absolute Gasteiger partial charge is 0.492 e. The molecular weight excluding hydrogens is 423 g/mol. The van der Waals surface area contributed by atoms with Gasteiger partial charge in [-0.1, -0.05) is 0 Å². The van der Waals surface area contributed by atoms with Crippen LogP contribution >= 0.6 is 0 Å². The lowest BCUT2D eigenvalue weighted by molar-refractivity contribution is -0.130. The van der Waals surface area contributed by atoms with Gasteiger partial charge >= 0.3 is 0 Å². The number of morpholine rings is 1. The van der Waals surface area contributed by atoms with E-state index in [0.717, 1.165) is 45.7 Å². The molecule has 2 fully saturated rings. The second kappa shape index (κ2) is 12.1. The lowest BCUT2D eigenvalue weighted by atomic mass is 10.0. The third-order valence-corrected chi connectivity index (χ3v) is 6.42. The zero-order chi connectivity index (χ0) is 22.9. The van der Waals surface area contributed by atoms with E-state index in [1.54, 1.807) is 12.1 Å². The summed E-state index contributed by atoms with van der Waals surface area (Å²) in [6.45, 7) is 5.92. The van der Waals surface area contributed by atoms with Gasteiger partial charge in [0.1, 0.15) is 18.2 Å². The molecule has 0 bridgehead atoms. The monoisotopic (exact) mass is 456 g/mol. The molecule has 7 nitrogen and oxygen atoms in total. The summed E-state index contributed by atoms with van der Waals surface area (Å²) < 4.78 is 24.1. The molecule has 0 unspecified atom stereocenters. The van der Waals surface area contributed by atoms with Crippen molar-refractivity contribution in [3.05, 3.63) is 60.2 Å². The van der Waals surface area contributed by atoms with Crippen LogP contribution in [0.1, 0.15) is 30.9 Å². The van der Waals surface area contributed by atoms with E-state index in [2.05, 4.69) is 32.2 Å². The lowest BCUT2D eigenvalue weighted by Gasteiger charge is -2.38. The van der Waals surface area contributed by atoms with Gasteiger partial charge in [-0.05, 0) is 61.3 Å². The molecule has 2 aliphatic heterocycles. The highest BCUT2D eigenvalue weighted by atomic mass is 19.1. The van der Waals surface area contributed by atoms with Gasteiger partial charge in [-0.3, -0.25) is 14.7 Å². The summed E-state index contributed by atoms with van der Waals surface area (Å²) in [5.74, 6) is 0.638. The third kappa shape index (κ3) is 6.72. The zero-order valence-corrected chi connectivity index (χ0v) is 19.0. The molecule has 1 amide bonds. The minimum absolute atomic E-state index is 0.151. The molecule has 33 heavy (non-hydrogen) atoms. The van der Waals surface area contributed by atoms with Crippen LogP contribution in [0.4, 0.5) is 4.39 Å². The maximum absolute atomic E-state index is 13.0. The predicted molar refractivity (Wildman–Crippen MR) is 123 cm³/mol. The third-order valence-electron chi connectivity index (χ3n) is 6.42. The summed E-state index contributed by atoms with van der Waals surface area (Å²) in [7, 11) is 0. The average Bonchev–Trinajstić information content (AvgIpc) is 3.20. The molecule has 8 heteroatoms. The highest BCUT2D eigenvalue weighted by Gasteiger charge is 2.34. The zero-order valence-electron chi connectivity index (χ0n) is 19.0. The van der Waals surface area contributed by atoms with Gasteiger partial charge in [0.25, 0.3) is 0 Å². The Balaban J connectivity index is 1.27. The summed E-state index contributed by atoms with van der Waals surface area (Å²) in [5.41, 5.74) is 1.20. The molecule has 0 saturated carbocycles. The Morgan fingerprint density at radius 3 is 2.64 bits per heavy atom. The quantitative estimate of drug-likeness (QED) is 0.525. The normalized spacial score (nSPS) is 20.2. The van der Waals surface area contributed by atoms with E-state index in [4.69, 9.17) is 9.47 Å². The molecule has 2 aliphatic rings. The van der Waals surface area contributed by atoms with Crippen molar-refractivity contribution in [3.63, 3.8) is 0 Å². The summed E-state index contributed by atoms with van der Waals surface area (Å²) >= 11 is 0. The second-order valence-electron chi connectivity index (χ2n) is 8.52. The van der Waals surface area contributed by atoms with Crippen LogP contribution in [-0.2, 0) is 9.53 Å². The molecule has 4 rings (SSSR count). The first-order valence-corrected chi connectivity index (χ1v) is 11.8. The number of pyridine rings is 1. The number of likely N-dealkylation sites (tertiary alicyclic amines) is 1. The summed E-state index contributed by atoms with van der Waals surface area (Å²) in [6.07, 6.45) is 6.08. The van der Waals surface area contributed by atoms with Crippen molar-refractivity contribution >= 4 is 5.91 Å². The summed E-state index contributed by atoms with van der Waals surface area (Å²) in [5, 5.41) is 3.41. The maximum atomic E-state index is 13.0. The van der Waals surface area contributed by atoms with Gasteiger partial charge in [-0.2, -0.15) is 0 Å². The molecule has 0 radical (unpaired) electrons. The number of aromatic nitrogens is 1. The summed E-state index contributed by atoms with van der Waals surface area (Å²) in [6, 6.07) is 10.6. The van der Waals surface area contributed by atoms with Crippen LogP contribution in [0.15, 0.2) is 48.8 Å². The first-order chi connectivity index (χ1) is 16.2. The van der Waals surface area contributed by atoms with Crippen molar-refractivity contribution in [1.82, 2.24) is 20.1 Å². The number of hydrogen-bond acceptors (Lipinski definition) is 6. The minimum atomic E-state index is -0.268. The standard InChI is InChI=1S/C25H33FN4O3/c26-21-1-4-23(5-2-21)33-16-13-28-12-9-22-3-6-25(31)30(22)19-24(20-7-10-27-11-8-20)29-14-17-32-18-15-29/h1-2,4-5,7-8,10-11,22,24,28H,3,6,9,12-19H2/t22-,24+/m0/s1. The van der Waals surface area contributed by atoms with Crippen LogP contribution in [0.2, 0.25) is 0 Å². The smallest absolute Gasteiger partial charge is 0.222 e. The Kier molecular flexibility index (Phi) is 8.63. The minimum Gasteiger partial charge on any atom is -0.492 e. The molecule has 1 aromatic carbocycles. The molecule has 0 aliphatic carbocycles. The highest BCUT2D eigenvalue weighted by molar-refractivity contribution is 5.78. The van der Waals surface area contributed by atoms with Gasteiger partial charge in [0.15, 0.2) is 0 Å². The number of ether oxygens (including phenoxy) is 2. The van der Waals surface area contributed by atoms with Crippen molar-refractivity contribution in [1.29, 1.82) is 0 Å². The van der Waals surface area contributed by atoms with Crippen LogP contribution in [-0.4, -0.2) is 79.3 Å². The van der Waals surface area contributed by atoms with E-state index >= 15 is 0 Å². The van der Waals surface area contributed by atoms with Crippen molar-refractivity contribution in [2.24, 2.45) is 0 Å². The molecule has 178 valence electrons. The number of carbonyl (C=O) groups is 1. The fourth-order valence-electron chi connectivity index (χ4n) is 4.60. The van der Waals surface area contributed by atoms with E-state index in [0.29, 0.717) is 31.9 Å². The first-order valence-electron chi connectivity index (χ1n) is 11.8. The molecule has 3 heterocycles. The Hall–Kier alpha value is -2.55. The van der Waals surface area contributed by atoms with Crippen LogP contribution < -0.4 is 10.1 Å². The number of benzene rings is 1. The Labute approximate surface area is 194 Å². The van der Waals surface area contributed by atoms with Crippen molar-refractivity contribution in [2.45, 2.75) is 31.3 Å². The lowest BCUT2D eigenvalue weighted by Crippen LogP contribution is -2.46. The van der Waals surface area contributed by atoms with E-state index in [1.807, 2.05) is 12.4 Å². The van der Waals surface area contributed by atoms with Gasteiger partial charge in [0.05, 0.1) is 19.3 Å². The van der Waals surface area contributed by atoms with Gasteiger partial charge < -0.3 is 19.7 Å². The van der Waals surface area contributed by atoms with E-state index in [-0.39, 0.29) is 23.8 Å². The van der Waals surface area contributed by atoms with Gasteiger partial charge in [0, 0.05) is 51.0 Å². The van der Waals surface area contributed by atoms with Crippen LogP contribution in [0, 0.1) is 5.82 Å². The molecule has 2 saturated heterocycles. The Morgan fingerprint density at radius 2 is 1.88 bits per heavy atom. The molecule has 0 spiro atoms. The van der Waals surface area contributed by atoms with Gasteiger partial charge in [-0.25, -0.2) is 4.39 Å². The van der Waals surface area contributed by atoms with Crippen molar-refractivity contribution in [2.75, 3.05) is 52.5 Å². The number of nitrogens with one attached hydrogen (secondary N) is 1. The second-order valence-corrected chi connectivity index (χ2v) is 8.52. The van der Waals surface area contributed by atoms with Crippen molar-refractivity contribution < 1.29 is 18.7 Å². The maximum Gasteiger partial charge on any atom is 0.222 e. The Morgan fingerprint density at radius 1 is 1.12 bits per heavy atom. The summed E-state index contributed by atoms with van der Waals surface area (Å²) in [4.78, 5) is 21.4. The number of amides is 1. The number of rotatable bonds is 11. The van der Waals surface area contributed by atoms with Gasteiger partial charge in [-0.15, -0.1) is 0 Å². The van der Waals surface area contributed by atoms with E-state index in [9.17, 15) is 9.18 Å². The average molecular weight is 457 g/mol. The molecule has 2 atom stereocenters. The molecular formula is C25H33FN4O3. The number of carbonyl (C=O) groups excluding carboxylic acids is 1. The van der Waals surface area contributed by atoms with Crippen molar-refractivity contribution in [3.8, 4) is 5.75 Å². The van der Waals surface area contributed by atoms with Gasteiger partial charge in [0.2, 0.25) is 5.91 Å². The molecule has 1 aromatic heterocycles. The fraction of sp³-hybridized carbons (Fsp3) is 0.520. The van der Waals surface area contributed by atoms with Crippen LogP contribution in [0.25, 0.3) is 0 Å². The van der Waals surface area contributed by atoms with E-state index < -0.39 is 0 Å². The molecule has 2 aromatic rings. The van der Waals surface area contributed by atoms with Crippen LogP contribution in [0.5, 0.6) is 5.75 Å². The highest BCUT2D eigenvalue weighted by Crippen LogP contribution is 2.28.